The number of nitriles is 1. The van der Waals surface area contributed by atoms with Gasteiger partial charge in [-0.2, -0.15) is 5.26 Å². The van der Waals surface area contributed by atoms with Crippen LogP contribution < -0.4 is 0 Å². The Balaban J connectivity index is 0.000000279. The molecule has 5 aromatic heterocycles. The van der Waals surface area contributed by atoms with Crippen molar-refractivity contribution in [2.45, 2.75) is 6.92 Å². The number of benzene rings is 1. The molecule has 0 spiro atoms. The fraction of sp³-hybridized carbons (Fsp3) is 0.0571. The molecule has 8 nitrogen and oxygen atoms in total. The van der Waals surface area contributed by atoms with Crippen molar-refractivity contribution in [1.82, 2.24) is 24.9 Å². The summed E-state index contributed by atoms with van der Waals surface area (Å²) in [5.41, 5.74) is 7.23. The van der Waals surface area contributed by atoms with Gasteiger partial charge in [0.1, 0.15) is 0 Å². The Bertz CT molecular complexity index is 1900. The minimum Gasteiger partial charge on any atom is -0.255 e. The van der Waals surface area contributed by atoms with E-state index in [9.17, 15) is 30.0 Å². The molecule has 0 unspecified atom stereocenters. The maximum absolute atomic E-state index is 11.9. The summed E-state index contributed by atoms with van der Waals surface area (Å²) in [6.07, 6.45) is 6.98. The number of hydrogen-bond donors (Lipinski definition) is 0. The Morgan fingerprint density at radius 2 is 0.902 bits per heavy atom. The first kappa shape index (κ1) is 41.7. The Hall–Kier alpha value is -5.42. The largest absolute Gasteiger partial charge is 0.255 e. The molecule has 0 saturated heterocycles. The van der Waals surface area contributed by atoms with Crippen LogP contribution in [0.1, 0.15) is 17.3 Å². The third-order valence-corrected chi connectivity index (χ3v) is 5.88. The maximum atomic E-state index is 11.9. The fourth-order valence-corrected chi connectivity index (χ4v) is 3.97. The first-order chi connectivity index (χ1) is 23.6. The van der Waals surface area contributed by atoms with Gasteiger partial charge in [-0.3, -0.25) is 19.9 Å². The molecule has 0 aliphatic carbocycles. The topological polar surface area (TPSA) is 115 Å². The number of rotatable bonds is 5. The van der Waals surface area contributed by atoms with Crippen LogP contribution in [0.4, 0.5) is 25.2 Å². The molecule has 0 N–H and O–H groups in total. The Labute approximate surface area is 302 Å². The van der Waals surface area contributed by atoms with E-state index in [0.717, 1.165) is 45.3 Å². The summed E-state index contributed by atoms with van der Waals surface area (Å²) in [5, 5.41) is 7.32. The quantitative estimate of drug-likeness (QED) is 0.0955. The number of methoxy groups -OCH3 is 1. The molecule has 5 heterocycles. The Morgan fingerprint density at radius 3 is 1.20 bits per heavy atom. The van der Waals surface area contributed by atoms with Crippen LogP contribution >= 0.6 is 7.81 Å². The van der Waals surface area contributed by atoms with Crippen LogP contribution in [0.2, 0.25) is 0 Å². The second-order valence-electron chi connectivity index (χ2n) is 9.74. The summed E-state index contributed by atoms with van der Waals surface area (Å²) in [7, 11) is -9.29. The van der Waals surface area contributed by atoms with Gasteiger partial charge in [-0.1, -0.05) is 30.3 Å². The van der Waals surface area contributed by atoms with Gasteiger partial charge in [0.05, 0.1) is 52.9 Å². The van der Waals surface area contributed by atoms with Crippen molar-refractivity contribution in [3.05, 3.63) is 140 Å². The number of carbonyl (C=O) groups excluding carboxylic acids is 1. The molecule has 6 rings (SSSR count). The molecule has 0 amide bonds. The van der Waals surface area contributed by atoms with Crippen molar-refractivity contribution in [2.75, 3.05) is 7.11 Å². The van der Waals surface area contributed by atoms with Crippen LogP contribution in [0.15, 0.2) is 134 Å². The number of carbonyl (C=O) groups is 1. The summed E-state index contributed by atoms with van der Waals surface area (Å²) in [6, 6.07) is 36.1. The van der Waals surface area contributed by atoms with Gasteiger partial charge in [0, 0.05) is 62.6 Å². The van der Waals surface area contributed by atoms with Crippen molar-refractivity contribution in [1.29, 1.82) is 5.26 Å². The summed E-state index contributed by atoms with van der Waals surface area (Å²) in [5.74, 6) is -0.380. The first-order valence-corrected chi connectivity index (χ1v) is 16.3. The molecule has 0 fully saturated rings. The van der Waals surface area contributed by atoms with Crippen molar-refractivity contribution >= 4 is 13.8 Å². The number of halogens is 6. The summed E-state index contributed by atoms with van der Waals surface area (Å²) in [6.45, 7) is 1.43. The van der Waals surface area contributed by atoms with Gasteiger partial charge in [0.15, 0.2) is 0 Å². The maximum Gasteiger partial charge on any atom is 0.0894 e. The number of nitrogens with zero attached hydrogens (tertiary/aromatic N) is 6. The average molecular weight is 900 g/mol. The third-order valence-electron chi connectivity index (χ3n) is 5.88. The zero-order valence-electron chi connectivity index (χ0n) is 26.8. The van der Waals surface area contributed by atoms with Crippen molar-refractivity contribution in [3.8, 4) is 51.4 Å². The molecule has 0 radical (unpaired) electrons. The Morgan fingerprint density at radius 1 is 0.588 bits per heavy atom. The van der Waals surface area contributed by atoms with E-state index in [4.69, 9.17) is 10.00 Å². The second-order valence-corrected chi connectivity index (χ2v) is 11.7. The summed E-state index contributed by atoms with van der Waals surface area (Å²) in [4.78, 5) is 33.8. The van der Waals surface area contributed by atoms with Gasteiger partial charge in [-0.15, -0.1) is 0 Å². The molecule has 51 heavy (non-hydrogen) atoms. The average Bonchev–Trinajstić information content (AvgIpc) is 3.12. The summed E-state index contributed by atoms with van der Waals surface area (Å²) < 4.78 is 64.0. The molecule has 0 bridgehead atoms. The van der Waals surface area contributed by atoms with Crippen LogP contribution in [-0.2, 0) is 24.5 Å². The number of aromatic nitrogens is 5. The molecule has 0 atom stereocenters. The summed E-state index contributed by atoms with van der Waals surface area (Å²) >= 11 is 0. The van der Waals surface area contributed by atoms with E-state index in [1.807, 2.05) is 97.1 Å². The zero-order valence-corrected chi connectivity index (χ0v) is 30.2. The number of pyridine rings is 5. The van der Waals surface area contributed by atoms with Crippen LogP contribution in [-0.4, -0.2) is 38.0 Å². The van der Waals surface area contributed by atoms with Gasteiger partial charge >= 0.3 is 39.0 Å². The van der Waals surface area contributed by atoms with E-state index in [0.29, 0.717) is 5.56 Å². The predicted molar refractivity (Wildman–Crippen MR) is 180 cm³/mol. The van der Waals surface area contributed by atoms with E-state index < -0.39 is 7.81 Å². The second kappa shape index (κ2) is 18.0. The third kappa shape index (κ3) is 16.2. The fourth-order valence-electron chi connectivity index (χ4n) is 3.97. The number of hydrogen-bond acceptors (Lipinski definition) is 8. The minimum absolute atomic E-state index is 0. The van der Waals surface area contributed by atoms with Crippen LogP contribution in [0.3, 0.4) is 0 Å². The van der Waals surface area contributed by atoms with Gasteiger partial charge in [0.2, 0.25) is 0 Å². The van der Waals surface area contributed by atoms with Gasteiger partial charge in [-0.25, -0.2) is 9.78 Å². The van der Waals surface area contributed by atoms with Gasteiger partial charge < -0.3 is 4.74 Å². The molecule has 1 aromatic carbocycles. The van der Waals surface area contributed by atoms with E-state index in [1.54, 1.807) is 43.0 Å². The van der Waals surface area contributed by atoms with Crippen LogP contribution in [0, 0.1) is 11.3 Å². The molecule has 266 valence electrons. The molecule has 16 heteroatoms. The van der Waals surface area contributed by atoms with Crippen LogP contribution in [0.5, 0.6) is 0 Å². The number of ether oxygens (including phenoxy) is 1. The van der Waals surface area contributed by atoms with E-state index >= 15 is 0 Å². The molecular weight excluding hydrogens is 872 g/mol. The molecular formula is C35H28F6N6O2OsP-. The zero-order chi connectivity index (χ0) is 36.7. The molecule has 0 aliphatic rings. The smallest absolute Gasteiger partial charge is 0.0894 e. The van der Waals surface area contributed by atoms with Crippen molar-refractivity contribution < 1.29 is 54.5 Å². The van der Waals surface area contributed by atoms with Crippen molar-refractivity contribution in [2.24, 2.45) is 0 Å². The van der Waals surface area contributed by atoms with E-state index in [1.165, 1.54) is 14.0 Å². The van der Waals surface area contributed by atoms with Crippen molar-refractivity contribution in [3.63, 3.8) is 0 Å². The Kier molecular flexibility index (Phi) is 14.7. The SMILES string of the molecule is CC#N.COC(=O)c1cc(-c2ccccn2)cc(-c2ccccn2)c1.F[P-](F)(F)(F)(F)F.[Os].c1ccc(-c2cccc(-c3ccccn3)n2)nc1. The van der Waals surface area contributed by atoms with Gasteiger partial charge in [-0.05, 0) is 78.9 Å². The minimum atomic E-state index is -10.7. The molecule has 6 aromatic rings. The monoisotopic (exact) mass is 901 g/mol. The molecule has 0 aliphatic heterocycles. The normalized spacial score (nSPS) is 11.4. The standard InChI is InChI=1S/C18H14N2O2.C15H11N3.C2H3N.F6P.Os/c1-22-18(21)15-11-13(16-6-2-4-8-19-16)10-14(12-15)17-7-3-5-9-20-17;1-3-10-16-12(6-1)14-8-5-9-15(18-14)13-7-2-4-11-17-13;1-2-3;1-7(2,3,4,5)6;/h2-12H,1H3;1-11H;1H3;;/q;;;-1;. The van der Waals surface area contributed by atoms with Gasteiger partial charge in [0.25, 0.3) is 0 Å². The van der Waals surface area contributed by atoms with E-state index in [-0.39, 0.29) is 25.8 Å². The molecule has 0 saturated carbocycles. The first-order valence-electron chi connectivity index (χ1n) is 14.3. The number of esters is 1. The van der Waals surface area contributed by atoms with Crippen LogP contribution in [0.25, 0.3) is 45.3 Å². The van der Waals surface area contributed by atoms with E-state index in [2.05, 4.69) is 24.9 Å². The predicted octanol–water partition coefficient (Wildman–Crippen LogP) is 10.7.